The van der Waals surface area contributed by atoms with E-state index >= 15 is 0 Å². The van der Waals surface area contributed by atoms with E-state index in [0.29, 0.717) is 0 Å². The highest BCUT2D eigenvalue weighted by molar-refractivity contribution is 5.24. The topological polar surface area (TPSA) is 54.2 Å². The number of pyridine rings is 1. The van der Waals surface area contributed by atoms with Crippen LogP contribution in [0.25, 0.3) is 0 Å². The zero-order chi connectivity index (χ0) is 15.2. The van der Waals surface area contributed by atoms with Gasteiger partial charge in [0.1, 0.15) is 0 Å². The van der Waals surface area contributed by atoms with Crippen molar-refractivity contribution in [2.24, 2.45) is 5.84 Å². The maximum Gasteiger partial charge on any atom is 0.0658 e. The van der Waals surface area contributed by atoms with Crippen molar-refractivity contribution in [2.45, 2.75) is 59.0 Å². The summed E-state index contributed by atoms with van der Waals surface area (Å²) in [6, 6.07) is 2.27. The first-order valence-corrected chi connectivity index (χ1v) is 7.72. The Bertz CT molecular complexity index is 397. The lowest BCUT2D eigenvalue weighted by atomic mass is 9.79. The normalized spacial score (nSPS) is 13.8. The van der Waals surface area contributed by atoms with Crippen LogP contribution in [0.2, 0.25) is 0 Å². The lowest BCUT2D eigenvalue weighted by molar-refractivity contribution is 0.0486. The molecule has 1 heterocycles. The van der Waals surface area contributed by atoms with E-state index in [1.54, 1.807) is 0 Å². The Labute approximate surface area is 123 Å². The molecule has 0 aliphatic rings. The molecule has 0 saturated carbocycles. The predicted octanol–water partition coefficient (Wildman–Crippen LogP) is 2.80. The van der Waals surface area contributed by atoms with Gasteiger partial charge < -0.3 is 0 Å². The molecule has 1 rings (SSSR count). The molecule has 20 heavy (non-hydrogen) atoms. The van der Waals surface area contributed by atoms with Crippen LogP contribution in [0.3, 0.4) is 0 Å². The van der Waals surface area contributed by atoms with Crippen molar-refractivity contribution in [1.82, 2.24) is 15.3 Å². The number of aryl methyl sites for hydroxylation is 1. The van der Waals surface area contributed by atoms with E-state index in [-0.39, 0.29) is 11.6 Å². The highest BCUT2D eigenvalue weighted by atomic mass is 15.3. The largest absolute Gasteiger partial charge is 0.296 e. The number of nitrogens with zero attached hydrogens (tertiary/aromatic N) is 2. The molecule has 0 aliphatic carbocycles. The van der Waals surface area contributed by atoms with Crippen molar-refractivity contribution < 1.29 is 0 Å². The number of hydrazine groups is 1. The molecular weight excluding hydrogens is 248 g/mol. The van der Waals surface area contributed by atoms with Crippen LogP contribution in [0.15, 0.2) is 18.5 Å². The first kappa shape index (κ1) is 17.1. The van der Waals surface area contributed by atoms with E-state index in [4.69, 9.17) is 5.84 Å². The van der Waals surface area contributed by atoms with Gasteiger partial charge >= 0.3 is 0 Å². The number of rotatable bonds is 8. The summed E-state index contributed by atoms with van der Waals surface area (Å²) in [4.78, 5) is 6.85. The third-order valence-corrected chi connectivity index (χ3v) is 4.55. The smallest absolute Gasteiger partial charge is 0.0658 e. The van der Waals surface area contributed by atoms with Crippen molar-refractivity contribution in [2.75, 3.05) is 13.1 Å². The summed E-state index contributed by atoms with van der Waals surface area (Å²) in [5.74, 6) is 5.93. The molecular formula is C16H30N4. The van der Waals surface area contributed by atoms with Crippen LogP contribution in [0.5, 0.6) is 0 Å². The van der Waals surface area contributed by atoms with E-state index < -0.39 is 0 Å². The number of nitrogens with two attached hydrogens (primary N) is 1. The highest BCUT2D eigenvalue weighted by Crippen LogP contribution is 2.36. The summed E-state index contributed by atoms with van der Waals surface area (Å²) in [6.45, 7) is 13.0. The van der Waals surface area contributed by atoms with Gasteiger partial charge in [-0.1, -0.05) is 33.8 Å². The Morgan fingerprint density at radius 3 is 2.20 bits per heavy atom. The zero-order valence-electron chi connectivity index (χ0n) is 13.6. The Morgan fingerprint density at radius 2 is 1.80 bits per heavy atom. The first-order chi connectivity index (χ1) is 9.59. The molecule has 4 nitrogen and oxygen atoms in total. The molecule has 0 amide bonds. The molecule has 4 heteroatoms. The Kier molecular flexibility index (Phi) is 6.59. The maximum atomic E-state index is 5.93. The van der Waals surface area contributed by atoms with Crippen molar-refractivity contribution in [3.8, 4) is 0 Å². The van der Waals surface area contributed by atoms with Gasteiger partial charge in [-0.25, -0.2) is 0 Å². The molecule has 0 aromatic carbocycles. The number of nitrogens with one attached hydrogen (secondary N) is 1. The summed E-state index contributed by atoms with van der Waals surface area (Å²) in [6.07, 6.45) is 5.91. The Hall–Kier alpha value is -0.970. The second-order valence-electron chi connectivity index (χ2n) is 5.38. The second kappa shape index (κ2) is 7.72. The summed E-state index contributed by atoms with van der Waals surface area (Å²) in [5.41, 5.74) is 5.42. The maximum absolute atomic E-state index is 5.93. The molecule has 1 atom stereocenters. The number of likely N-dealkylation sites (N-methyl/N-ethyl adjacent to an activating group) is 1. The third-order valence-electron chi connectivity index (χ3n) is 4.55. The van der Waals surface area contributed by atoms with Crippen LogP contribution in [0, 0.1) is 6.92 Å². The van der Waals surface area contributed by atoms with Crippen LogP contribution < -0.4 is 11.3 Å². The molecule has 0 spiro atoms. The van der Waals surface area contributed by atoms with Gasteiger partial charge in [-0.15, -0.1) is 0 Å². The van der Waals surface area contributed by atoms with Crippen molar-refractivity contribution in [1.29, 1.82) is 0 Å². The Balaban J connectivity index is 3.28. The molecule has 1 unspecified atom stereocenters. The summed E-state index contributed by atoms with van der Waals surface area (Å²) in [5, 5.41) is 0. The quantitative estimate of drug-likeness (QED) is 0.567. The van der Waals surface area contributed by atoms with Crippen LogP contribution in [0.4, 0.5) is 0 Å². The van der Waals surface area contributed by atoms with E-state index in [0.717, 1.165) is 25.9 Å². The third kappa shape index (κ3) is 3.19. The van der Waals surface area contributed by atoms with Gasteiger partial charge in [0.05, 0.1) is 6.04 Å². The number of hydrogen-bond acceptors (Lipinski definition) is 4. The summed E-state index contributed by atoms with van der Waals surface area (Å²) >= 11 is 0. The molecule has 114 valence electrons. The molecule has 0 saturated heterocycles. The van der Waals surface area contributed by atoms with Crippen molar-refractivity contribution in [3.63, 3.8) is 0 Å². The molecule has 0 radical (unpaired) electrons. The van der Waals surface area contributed by atoms with Gasteiger partial charge in [0.15, 0.2) is 0 Å². The lowest BCUT2D eigenvalue weighted by Crippen LogP contribution is -2.57. The van der Waals surface area contributed by atoms with E-state index in [9.17, 15) is 0 Å². The molecule has 0 bridgehead atoms. The van der Waals surface area contributed by atoms with Gasteiger partial charge in [0.25, 0.3) is 0 Å². The van der Waals surface area contributed by atoms with Gasteiger partial charge in [-0.3, -0.25) is 21.2 Å². The number of aromatic nitrogens is 1. The predicted molar refractivity (Wildman–Crippen MR) is 85.3 cm³/mol. The molecule has 0 aliphatic heterocycles. The van der Waals surface area contributed by atoms with E-state index in [1.807, 2.05) is 12.4 Å². The van der Waals surface area contributed by atoms with Crippen molar-refractivity contribution >= 4 is 0 Å². The van der Waals surface area contributed by atoms with Crippen LogP contribution in [-0.4, -0.2) is 28.5 Å². The van der Waals surface area contributed by atoms with Crippen LogP contribution in [-0.2, 0) is 0 Å². The van der Waals surface area contributed by atoms with Gasteiger partial charge in [-0.2, -0.15) is 0 Å². The average molecular weight is 278 g/mol. The SMILES string of the molecule is CCN(CC)C(CC)(CC)C(NN)c1cncc(C)c1. The van der Waals surface area contributed by atoms with Gasteiger partial charge in [-0.05, 0) is 44.0 Å². The molecule has 0 fully saturated rings. The summed E-state index contributed by atoms with van der Waals surface area (Å²) in [7, 11) is 0. The minimum absolute atomic E-state index is 0.0216. The number of hydrogen-bond donors (Lipinski definition) is 2. The van der Waals surface area contributed by atoms with Crippen LogP contribution in [0.1, 0.15) is 57.7 Å². The second-order valence-corrected chi connectivity index (χ2v) is 5.38. The molecule has 3 N–H and O–H groups in total. The molecule has 1 aromatic heterocycles. The summed E-state index contributed by atoms with van der Waals surface area (Å²) < 4.78 is 0. The fourth-order valence-electron chi connectivity index (χ4n) is 3.44. The van der Waals surface area contributed by atoms with Gasteiger partial charge in [0.2, 0.25) is 0 Å². The van der Waals surface area contributed by atoms with E-state index in [2.05, 4.69) is 56.0 Å². The monoisotopic (exact) mass is 278 g/mol. The minimum atomic E-state index is 0.0216. The lowest BCUT2D eigenvalue weighted by Gasteiger charge is -2.47. The highest BCUT2D eigenvalue weighted by Gasteiger charge is 2.40. The standard InChI is InChI=1S/C16H30N4/c1-6-16(7-2,20(8-3)9-4)15(19-17)14-10-13(5)11-18-12-14/h10-12,15,19H,6-9,17H2,1-5H3. The first-order valence-electron chi connectivity index (χ1n) is 7.72. The zero-order valence-corrected chi connectivity index (χ0v) is 13.6. The Morgan fingerprint density at radius 1 is 1.20 bits per heavy atom. The molecule has 1 aromatic rings. The van der Waals surface area contributed by atoms with E-state index in [1.165, 1.54) is 11.1 Å². The van der Waals surface area contributed by atoms with Crippen LogP contribution >= 0.6 is 0 Å². The fourth-order valence-corrected chi connectivity index (χ4v) is 3.44. The minimum Gasteiger partial charge on any atom is -0.296 e. The van der Waals surface area contributed by atoms with Gasteiger partial charge in [0, 0.05) is 17.9 Å². The average Bonchev–Trinajstić information content (AvgIpc) is 2.47. The fraction of sp³-hybridized carbons (Fsp3) is 0.688. The van der Waals surface area contributed by atoms with Crippen molar-refractivity contribution in [3.05, 3.63) is 29.6 Å².